The summed E-state index contributed by atoms with van der Waals surface area (Å²) in [6, 6.07) is 0. The van der Waals surface area contributed by atoms with Crippen LogP contribution in [-0.4, -0.2) is 33.4 Å². The minimum Gasteiger partial charge on any atom is -0.476 e. The molecule has 0 fully saturated rings. The van der Waals surface area contributed by atoms with E-state index in [0.717, 1.165) is 0 Å². The first kappa shape index (κ1) is 11.5. The zero-order valence-electron chi connectivity index (χ0n) is 8.26. The summed E-state index contributed by atoms with van der Waals surface area (Å²) in [6.07, 6.45) is 3.73. The Morgan fingerprint density at radius 2 is 1.67 bits per heavy atom. The molecule has 0 atom stereocenters. The second-order valence-electron chi connectivity index (χ2n) is 4.07. The van der Waals surface area contributed by atoms with Gasteiger partial charge < -0.3 is 5.11 Å². The first-order valence-electron chi connectivity index (χ1n) is 3.65. The van der Waals surface area contributed by atoms with E-state index < -0.39 is 16.0 Å². The van der Waals surface area contributed by atoms with Crippen LogP contribution in [0.3, 0.4) is 0 Å². The van der Waals surface area contributed by atoms with Gasteiger partial charge in [-0.25, -0.2) is 4.79 Å². The standard InChI is InChI=1S/C8H17NO2S/c1-8(2,3)12(4,5)6(9)7(10)11/h9H,1-5H3,(H,10,11). The summed E-state index contributed by atoms with van der Waals surface area (Å²) < 4.78 is -0.123. The summed E-state index contributed by atoms with van der Waals surface area (Å²) >= 11 is 0. The van der Waals surface area contributed by atoms with Crippen molar-refractivity contribution >= 4 is 21.0 Å². The number of carboxylic acid groups (broad SMARTS) is 1. The minimum absolute atomic E-state index is 0.123. The van der Waals surface area contributed by atoms with E-state index >= 15 is 0 Å². The third kappa shape index (κ3) is 2.00. The van der Waals surface area contributed by atoms with Crippen LogP contribution in [0.25, 0.3) is 0 Å². The van der Waals surface area contributed by atoms with Gasteiger partial charge in [-0.15, -0.1) is 0 Å². The van der Waals surface area contributed by atoms with E-state index in [1.807, 2.05) is 33.3 Å². The lowest BCUT2D eigenvalue weighted by Crippen LogP contribution is -2.32. The van der Waals surface area contributed by atoms with Crippen LogP contribution in [0, 0.1) is 5.41 Å². The van der Waals surface area contributed by atoms with Gasteiger partial charge in [0, 0.05) is 0 Å². The molecule has 0 spiro atoms. The van der Waals surface area contributed by atoms with Crippen molar-refractivity contribution in [3.05, 3.63) is 0 Å². The molecule has 0 aromatic rings. The highest BCUT2D eigenvalue weighted by molar-refractivity contribution is 8.46. The number of carbonyl (C=O) groups is 1. The maximum atomic E-state index is 10.6. The zero-order chi connectivity index (χ0) is 10.2. The molecule has 2 N–H and O–H groups in total. The summed E-state index contributed by atoms with van der Waals surface area (Å²) in [5.74, 6) is -1.09. The van der Waals surface area contributed by atoms with Crippen molar-refractivity contribution in [3.8, 4) is 0 Å². The minimum atomic E-state index is -1.49. The SMILES string of the molecule is CC(C)(C)S(C)(C)C(=N)C(=O)O. The fourth-order valence-corrected chi connectivity index (χ4v) is 1.57. The highest BCUT2D eigenvalue weighted by Gasteiger charge is 2.35. The van der Waals surface area contributed by atoms with Gasteiger partial charge in [-0.3, -0.25) is 5.41 Å². The lowest BCUT2D eigenvalue weighted by molar-refractivity contribution is -0.129. The van der Waals surface area contributed by atoms with Crippen molar-refractivity contribution in [2.45, 2.75) is 25.5 Å². The molecular formula is C8H17NO2S. The molecule has 72 valence electrons. The van der Waals surface area contributed by atoms with Gasteiger partial charge in [0.2, 0.25) is 0 Å². The predicted octanol–water partition coefficient (Wildman–Crippen LogP) is 1.91. The molecular weight excluding hydrogens is 174 g/mol. The number of rotatable bonds is 0. The van der Waals surface area contributed by atoms with E-state index in [-0.39, 0.29) is 9.79 Å². The van der Waals surface area contributed by atoms with Gasteiger partial charge in [0.15, 0.2) is 5.04 Å². The highest BCUT2D eigenvalue weighted by Crippen LogP contribution is 2.53. The Balaban J connectivity index is 4.87. The molecule has 0 aliphatic rings. The Morgan fingerprint density at radius 1 is 1.33 bits per heavy atom. The van der Waals surface area contributed by atoms with Crippen LogP contribution in [0.5, 0.6) is 0 Å². The molecule has 0 radical (unpaired) electrons. The normalized spacial score (nSPS) is 14.1. The summed E-state index contributed by atoms with van der Waals surface area (Å²) in [4.78, 5) is 10.6. The first-order chi connectivity index (χ1) is 5.10. The number of aliphatic carboxylic acids is 1. The molecule has 0 bridgehead atoms. The average Bonchev–Trinajstić information content (AvgIpc) is 1.83. The van der Waals surface area contributed by atoms with E-state index in [1.165, 1.54) is 0 Å². The monoisotopic (exact) mass is 191 g/mol. The van der Waals surface area contributed by atoms with Gasteiger partial charge in [-0.2, -0.15) is 10.0 Å². The van der Waals surface area contributed by atoms with Crippen LogP contribution < -0.4 is 0 Å². The Kier molecular flexibility index (Phi) is 2.96. The van der Waals surface area contributed by atoms with Crippen LogP contribution in [0.4, 0.5) is 0 Å². The lowest BCUT2D eigenvalue weighted by atomic mass is 10.3. The molecule has 0 saturated carbocycles. The summed E-state index contributed by atoms with van der Waals surface area (Å²) in [5, 5.41) is 16.0. The third-order valence-electron chi connectivity index (χ3n) is 2.24. The Morgan fingerprint density at radius 3 is 1.75 bits per heavy atom. The van der Waals surface area contributed by atoms with Gasteiger partial charge in [0.05, 0.1) is 0 Å². The largest absolute Gasteiger partial charge is 0.476 e. The quantitative estimate of drug-likeness (QED) is 0.454. The van der Waals surface area contributed by atoms with E-state index in [9.17, 15) is 4.79 Å². The fraction of sp³-hybridized carbons (Fsp3) is 0.750. The van der Waals surface area contributed by atoms with Crippen molar-refractivity contribution in [1.29, 1.82) is 5.41 Å². The van der Waals surface area contributed by atoms with Crippen molar-refractivity contribution in [2.24, 2.45) is 0 Å². The Bertz CT molecular complexity index is 216. The third-order valence-corrected chi connectivity index (χ3v) is 6.49. The first-order valence-corrected chi connectivity index (χ1v) is 6.10. The number of hydrogen-bond donors (Lipinski definition) is 2. The van der Waals surface area contributed by atoms with Crippen molar-refractivity contribution < 1.29 is 9.90 Å². The topological polar surface area (TPSA) is 61.2 Å². The van der Waals surface area contributed by atoms with Crippen molar-refractivity contribution in [1.82, 2.24) is 0 Å². The Hall–Kier alpha value is -0.510. The molecule has 4 heteroatoms. The molecule has 0 heterocycles. The second-order valence-corrected chi connectivity index (χ2v) is 8.36. The fourth-order valence-electron chi connectivity index (χ4n) is 0.524. The molecule has 0 aliphatic carbocycles. The van der Waals surface area contributed by atoms with Gasteiger partial charge in [0.25, 0.3) is 0 Å². The van der Waals surface area contributed by atoms with Crippen LogP contribution in [0.2, 0.25) is 0 Å². The van der Waals surface area contributed by atoms with Crippen LogP contribution in [-0.2, 0) is 4.79 Å². The lowest BCUT2D eigenvalue weighted by Gasteiger charge is -2.43. The average molecular weight is 191 g/mol. The summed E-state index contributed by atoms with van der Waals surface area (Å²) in [5.41, 5.74) is 0. The molecule has 0 unspecified atom stereocenters. The van der Waals surface area contributed by atoms with Gasteiger partial charge in [0.1, 0.15) is 0 Å². The second kappa shape index (κ2) is 3.09. The molecule has 0 aromatic heterocycles. The van der Waals surface area contributed by atoms with Crippen molar-refractivity contribution in [2.75, 3.05) is 12.5 Å². The number of nitrogens with one attached hydrogen (secondary N) is 1. The zero-order valence-corrected chi connectivity index (χ0v) is 9.08. The van der Waals surface area contributed by atoms with Gasteiger partial charge in [-0.1, -0.05) is 20.8 Å². The molecule has 0 amide bonds. The predicted molar refractivity (Wildman–Crippen MR) is 54.6 cm³/mol. The molecule has 3 nitrogen and oxygen atoms in total. The maximum absolute atomic E-state index is 10.6. The van der Waals surface area contributed by atoms with E-state index in [1.54, 1.807) is 0 Å². The van der Waals surface area contributed by atoms with Crippen molar-refractivity contribution in [3.63, 3.8) is 0 Å². The van der Waals surface area contributed by atoms with Crippen LogP contribution >= 0.6 is 10.0 Å². The Labute approximate surface area is 75.0 Å². The van der Waals surface area contributed by atoms with E-state index in [4.69, 9.17) is 10.5 Å². The molecule has 0 saturated heterocycles. The smallest absolute Gasteiger partial charge is 0.358 e. The maximum Gasteiger partial charge on any atom is 0.358 e. The highest BCUT2D eigenvalue weighted by atomic mass is 32.3. The summed E-state index contributed by atoms with van der Waals surface area (Å²) in [7, 11) is -1.49. The molecule has 0 rings (SSSR count). The molecule has 0 aliphatic heterocycles. The molecule has 0 aromatic carbocycles. The van der Waals surface area contributed by atoms with E-state index in [0.29, 0.717) is 0 Å². The van der Waals surface area contributed by atoms with Gasteiger partial charge in [-0.05, 0) is 17.3 Å². The summed E-state index contributed by atoms with van der Waals surface area (Å²) in [6.45, 7) is 5.92. The molecule has 12 heavy (non-hydrogen) atoms. The van der Waals surface area contributed by atoms with Crippen LogP contribution in [0.15, 0.2) is 0 Å². The van der Waals surface area contributed by atoms with Gasteiger partial charge >= 0.3 is 5.97 Å². The number of hydrogen-bond acceptors (Lipinski definition) is 2. The number of carboxylic acids is 1. The van der Waals surface area contributed by atoms with E-state index in [2.05, 4.69) is 0 Å². The van der Waals surface area contributed by atoms with Crippen LogP contribution in [0.1, 0.15) is 20.8 Å².